The molecule has 106 valence electrons. The quantitative estimate of drug-likeness (QED) is 0.931. The van der Waals surface area contributed by atoms with E-state index < -0.39 is 23.5 Å². The summed E-state index contributed by atoms with van der Waals surface area (Å²) in [5.74, 6) is -1.47. The van der Waals surface area contributed by atoms with E-state index in [4.69, 9.17) is 5.73 Å². The van der Waals surface area contributed by atoms with Gasteiger partial charge in [-0.1, -0.05) is 6.07 Å². The molecular weight excluding hydrogens is 265 g/mol. The van der Waals surface area contributed by atoms with Crippen molar-refractivity contribution in [2.24, 2.45) is 5.73 Å². The van der Waals surface area contributed by atoms with Gasteiger partial charge in [-0.25, -0.2) is 13.2 Å². The van der Waals surface area contributed by atoms with E-state index in [-0.39, 0.29) is 12.1 Å². The largest absolute Gasteiger partial charge is 0.366 e. The molecule has 0 bridgehead atoms. The van der Waals surface area contributed by atoms with Crippen LogP contribution < -0.4 is 10.6 Å². The van der Waals surface area contributed by atoms with Crippen LogP contribution in [0.5, 0.6) is 0 Å². The number of hydrogen-bond acceptors (Lipinski definition) is 2. The van der Waals surface area contributed by atoms with E-state index in [1.807, 2.05) is 0 Å². The van der Waals surface area contributed by atoms with E-state index >= 15 is 0 Å². The minimum Gasteiger partial charge on any atom is -0.366 e. The molecule has 1 unspecified atom stereocenters. The fraction of sp³-hybridized carbons (Fsp3) is 0.200. The molecule has 0 fully saturated rings. The lowest BCUT2D eigenvalue weighted by molar-refractivity contribution is 0.554. The van der Waals surface area contributed by atoms with E-state index in [2.05, 4.69) is 0 Å². The second kappa shape index (κ2) is 5.96. The Hall–Kier alpha value is -2.01. The molecule has 0 saturated carbocycles. The summed E-state index contributed by atoms with van der Waals surface area (Å²) in [6, 6.07) is 8.52. The van der Waals surface area contributed by atoms with Gasteiger partial charge in [0.15, 0.2) is 0 Å². The molecule has 0 radical (unpaired) electrons. The van der Waals surface area contributed by atoms with E-state index in [9.17, 15) is 13.2 Å². The van der Waals surface area contributed by atoms with Gasteiger partial charge in [0.2, 0.25) is 0 Å². The van der Waals surface area contributed by atoms with Gasteiger partial charge in [-0.3, -0.25) is 0 Å². The van der Waals surface area contributed by atoms with E-state index in [0.717, 1.165) is 18.2 Å². The van der Waals surface area contributed by atoms with Crippen LogP contribution in [0.1, 0.15) is 11.6 Å². The van der Waals surface area contributed by atoms with Crippen LogP contribution in [-0.2, 0) is 0 Å². The monoisotopic (exact) mass is 280 g/mol. The average molecular weight is 280 g/mol. The Morgan fingerprint density at radius 3 is 2.40 bits per heavy atom. The smallest absolute Gasteiger partial charge is 0.128 e. The van der Waals surface area contributed by atoms with Crippen LogP contribution in [0.4, 0.5) is 18.9 Å². The minimum absolute atomic E-state index is 0.0768. The molecule has 2 aromatic rings. The van der Waals surface area contributed by atoms with Gasteiger partial charge in [0.25, 0.3) is 0 Å². The Morgan fingerprint density at radius 2 is 1.75 bits per heavy atom. The molecule has 0 aliphatic rings. The molecule has 0 amide bonds. The maximum Gasteiger partial charge on any atom is 0.128 e. The summed E-state index contributed by atoms with van der Waals surface area (Å²) in [4.78, 5) is 1.63. The Balaban J connectivity index is 2.39. The minimum atomic E-state index is -0.576. The van der Waals surface area contributed by atoms with Gasteiger partial charge in [-0.2, -0.15) is 0 Å². The van der Waals surface area contributed by atoms with Crippen LogP contribution >= 0.6 is 0 Å². The molecule has 5 heteroatoms. The van der Waals surface area contributed by atoms with Crippen LogP contribution in [0, 0.1) is 17.5 Å². The second-order valence-corrected chi connectivity index (χ2v) is 4.51. The summed E-state index contributed by atoms with van der Waals surface area (Å²) in [6.45, 7) is 0.0768. The predicted molar refractivity (Wildman–Crippen MR) is 73.0 cm³/mol. The van der Waals surface area contributed by atoms with Crippen molar-refractivity contribution in [3.63, 3.8) is 0 Å². The first-order chi connectivity index (χ1) is 9.52. The third kappa shape index (κ3) is 2.93. The lowest BCUT2D eigenvalue weighted by Gasteiger charge is -2.29. The molecule has 0 saturated heterocycles. The summed E-state index contributed by atoms with van der Waals surface area (Å²) in [5.41, 5.74) is 6.37. The van der Waals surface area contributed by atoms with Gasteiger partial charge in [0.1, 0.15) is 17.5 Å². The van der Waals surface area contributed by atoms with Crippen LogP contribution in [0.3, 0.4) is 0 Å². The standard InChI is InChI=1S/C15H15F3N2/c1-20(12-4-2-3-10(16)7-12)15(9-19)13-8-11(17)5-6-14(13)18/h2-8,15H,9,19H2,1H3. The van der Waals surface area contributed by atoms with Crippen LogP contribution in [0.25, 0.3) is 0 Å². The van der Waals surface area contributed by atoms with Gasteiger partial charge >= 0.3 is 0 Å². The zero-order chi connectivity index (χ0) is 14.7. The third-order valence-corrected chi connectivity index (χ3v) is 3.22. The molecule has 0 aliphatic carbocycles. The first kappa shape index (κ1) is 14.4. The van der Waals surface area contributed by atoms with E-state index in [1.54, 1.807) is 24.1 Å². The number of halogens is 3. The Kier molecular flexibility index (Phi) is 4.29. The molecule has 2 aromatic carbocycles. The van der Waals surface area contributed by atoms with Gasteiger partial charge < -0.3 is 10.6 Å². The van der Waals surface area contributed by atoms with Crippen molar-refractivity contribution in [3.8, 4) is 0 Å². The maximum atomic E-state index is 13.8. The van der Waals surface area contributed by atoms with Crippen molar-refractivity contribution in [2.45, 2.75) is 6.04 Å². The zero-order valence-electron chi connectivity index (χ0n) is 11.0. The predicted octanol–water partition coefficient (Wildman–Crippen LogP) is 3.24. The molecule has 0 aromatic heterocycles. The number of nitrogens with two attached hydrogens (primary N) is 1. The normalized spacial score (nSPS) is 12.2. The second-order valence-electron chi connectivity index (χ2n) is 4.51. The molecule has 20 heavy (non-hydrogen) atoms. The summed E-state index contributed by atoms with van der Waals surface area (Å²) in [7, 11) is 1.66. The maximum absolute atomic E-state index is 13.8. The highest BCUT2D eigenvalue weighted by molar-refractivity contribution is 5.48. The SMILES string of the molecule is CN(c1cccc(F)c1)C(CN)c1cc(F)ccc1F. The topological polar surface area (TPSA) is 29.3 Å². The Bertz CT molecular complexity index is 601. The highest BCUT2D eigenvalue weighted by Gasteiger charge is 2.20. The molecule has 0 aliphatic heterocycles. The van der Waals surface area contributed by atoms with Crippen molar-refractivity contribution in [1.82, 2.24) is 0 Å². The summed E-state index contributed by atoms with van der Waals surface area (Å²) < 4.78 is 40.4. The molecular formula is C15H15F3N2. The molecule has 2 rings (SSSR count). The number of nitrogens with zero attached hydrogens (tertiary/aromatic N) is 1. The average Bonchev–Trinajstić information content (AvgIpc) is 2.43. The van der Waals surface area contributed by atoms with Crippen molar-refractivity contribution < 1.29 is 13.2 Å². The number of benzene rings is 2. The summed E-state index contributed by atoms with van der Waals surface area (Å²) >= 11 is 0. The molecule has 2 N–H and O–H groups in total. The fourth-order valence-corrected chi connectivity index (χ4v) is 2.14. The summed E-state index contributed by atoms with van der Waals surface area (Å²) in [5, 5.41) is 0. The van der Waals surface area contributed by atoms with Crippen molar-refractivity contribution in [1.29, 1.82) is 0 Å². The highest BCUT2D eigenvalue weighted by Crippen LogP contribution is 2.27. The van der Waals surface area contributed by atoms with Gasteiger partial charge in [-0.05, 0) is 36.4 Å². The lowest BCUT2D eigenvalue weighted by Crippen LogP contribution is -2.31. The van der Waals surface area contributed by atoms with Crippen LogP contribution in [0.15, 0.2) is 42.5 Å². The van der Waals surface area contributed by atoms with Crippen molar-refractivity contribution in [2.75, 3.05) is 18.5 Å². The third-order valence-electron chi connectivity index (χ3n) is 3.22. The lowest BCUT2D eigenvalue weighted by atomic mass is 10.0. The van der Waals surface area contributed by atoms with Gasteiger partial charge in [0.05, 0.1) is 6.04 Å². The molecule has 0 heterocycles. The number of anilines is 1. The number of hydrogen-bond donors (Lipinski definition) is 1. The van der Waals surface area contributed by atoms with Gasteiger partial charge in [0, 0.05) is 24.8 Å². The van der Waals surface area contributed by atoms with Gasteiger partial charge in [-0.15, -0.1) is 0 Å². The molecule has 0 spiro atoms. The zero-order valence-corrected chi connectivity index (χ0v) is 11.0. The van der Waals surface area contributed by atoms with Crippen LogP contribution in [0.2, 0.25) is 0 Å². The van der Waals surface area contributed by atoms with Crippen LogP contribution in [-0.4, -0.2) is 13.6 Å². The Morgan fingerprint density at radius 1 is 1.05 bits per heavy atom. The highest BCUT2D eigenvalue weighted by atomic mass is 19.1. The van der Waals surface area contributed by atoms with E-state index in [1.165, 1.54) is 12.1 Å². The summed E-state index contributed by atoms with van der Waals surface area (Å²) in [6.07, 6.45) is 0. The first-order valence-corrected chi connectivity index (χ1v) is 6.16. The fourth-order valence-electron chi connectivity index (χ4n) is 2.14. The van der Waals surface area contributed by atoms with E-state index in [0.29, 0.717) is 5.69 Å². The number of rotatable bonds is 4. The molecule has 2 nitrogen and oxygen atoms in total. The molecule has 1 atom stereocenters. The number of likely N-dealkylation sites (N-methyl/N-ethyl adjacent to an activating group) is 1. The van der Waals surface area contributed by atoms with Crippen molar-refractivity contribution in [3.05, 3.63) is 65.5 Å². The first-order valence-electron chi connectivity index (χ1n) is 6.16. The Labute approximate surface area is 115 Å². The van der Waals surface area contributed by atoms with Crippen molar-refractivity contribution >= 4 is 5.69 Å².